The van der Waals surface area contributed by atoms with Crippen molar-refractivity contribution in [2.24, 2.45) is 5.92 Å². The summed E-state index contributed by atoms with van der Waals surface area (Å²) >= 11 is 1.65. The van der Waals surface area contributed by atoms with Gasteiger partial charge in [-0.1, -0.05) is 38.1 Å². The molecule has 0 aliphatic carbocycles. The molecule has 2 heterocycles. The molecule has 6 heteroatoms. The van der Waals surface area contributed by atoms with Crippen LogP contribution in [-0.2, 0) is 20.7 Å². The van der Waals surface area contributed by atoms with Crippen molar-refractivity contribution in [3.8, 4) is 11.1 Å². The van der Waals surface area contributed by atoms with Gasteiger partial charge in [0.25, 0.3) is 5.91 Å². The second kappa shape index (κ2) is 8.45. The first-order valence-electron chi connectivity index (χ1n) is 9.59. The maximum absolute atomic E-state index is 13.2. The molecule has 0 unspecified atom stereocenters. The van der Waals surface area contributed by atoms with Crippen LogP contribution in [0.1, 0.15) is 19.4 Å². The monoisotopic (exact) mass is 400 g/mol. The molecular weight excluding hydrogens is 372 g/mol. The van der Waals surface area contributed by atoms with Crippen LogP contribution < -0.4 is 0 Å². The second-order valence-electron chi connectivity index (χ2n) is 7.80. The Morgan fingerprint density at radius 2 is 2.00 bits per heavy atom. The van der Waals surface area contributed by atoms with E-state index >= 15 is 0 Å². The lowest BCUT2D eigenvalue weighted by atomic mass is 9.87. The fourth-order valence-corrected chi connectivity index (χ4v) is 4.39. The van der Waals surface area contributed by atoms with E-state index in [1.165, 1.54) is 0 Å². The number of hydrogen-bond acceptors (Lipinski definition) is 4. The number of morpholine rings is 1. The Kier molecular flexibility index (Phi) is 6.20. The SMILES string of the molecule is CC(C)C(=O)N1CCO[C@](Cc2ccccc2-c2ccsc2)(C(=O)N(C)C)C1. The number of carbonyl (C=O) groups excluding carboxylic acids is 2. The van der Waals surface area contributed by atoms with Gasteiger partial charge in [-0.05, 0) is 33.5 Å². The number of rotatable bonds is 5. The quantitative estimate of drug-likeness (QED) is 0.774. The number of hydrogen-bond donors (Lipinski definition) is 0. The highest BCUT2D eigenvalue weighted by Gasteiger charge is 2.46. The Morgan fingerprint density at radius 3 is 2.64 bits per heavy atom. The lowest BCUT2D eigenvalue weighted by molar-refractivity contribution is -0.173. The average molecular weight is 401 g/mol. The van der Waals surface area contributed by atoms with Gasteiger partial charge in [0.05, 0.1) is 13.2 Å². The number of benzene rings is 1. The average Bonchev–Trinajstić information content (AvgIpc) is 3.21. The molecule has 1 saturated heterocycles. The zero-order valence-electron chi connectivity index (χ0n) is 17.0. The van der Waals surface area contributed by atoms with Gasteiger partial charge in [-0.15, -0.1) is 0 Å². The Hall–Kier alpha value is -2.18. The molecule has 1 aliphatic heterocycles. The molecule has 1 aliphatic rings. The van der Waals surface area contributed by atoms with E-state index in [-0.39, 0.29) is 24.3 Å². The largest absolute Gasteiger partial charge is 0.361 e. The van der Waals surface area contributed by atoms with Gasteiger partial charge in [0, 0.05) is 33.0 Å². The van der Waals surface area contributed by atoms with Crippen molar-refractivity contribution in [2.45, 2.75) is 25.9 Å². The zero-order valence-corrected chi connectivity index (χ0v) is 17.8. The van der Waals surface area contributed by atoms with Gasteiger partial charge in [0.1, 0.15) is 0 Å². The fraction of sp³-hybridized carbons (Fsp3) is 0.455. The molecule has 3 rings (SSSR count). The van der Waals surface area contributed by atoms with Crippen LogP contribution >= 0.6 is 11.3 Å². The highest BCUT2D eigenvalue weighted by atomic mass is 32.1. The van der Waals surface area contributed by atoms with Crippen molar-refractivity contribution < 1.29 is 14.3 Å². The molecule has 2 amide bonds. The number of ether oxygens (including phenoxy) is 1. The van der Waals surface area contributed by atoms with Crippen LogP contribution in [0, 0.1) is 5.92 Å². The molecule has 1 atom stereocenters. The smallest absolute Gasteiger partial charge is 0.256 e. The van der Waals surface area contributed by atoms with Crippen LogP contribution in [0.4, 0.5) is 0 Å². The van der Waals surface area contributed by atoms with Crippen molar-refractivity contribution >= 4 is 23.2 Å². The summed E-state index contributed by atoms with van der Waals surface area (Å²) in [4.78, 5) is 29.2. The van der Waals surface area contributed by atoms with E-state index in [2.05, 4.69) is 17.5 Å². The van der Waals surface area contributed by atoms with Crippen molar-refractivity contribution in [2.75, 3.05) is 33.8 Å². The lowest BCUT2D eigenvalue weighted by Gasteiger charge is -2.43. The molecule has 0 radical (unpaired) electrons. The number of carbonyl (C=O) groups is 2. The summed E-state index contributed by atoms with van der Waals surface area (Å²) in [5, 5.41) is 4.16. The van der Waals surface area contributed by atoms with E-state index in [1.54, 1.807) is 35.2 Å². The minimum Gasteiger partial charge on any atom is -0.361 e. The van der Waals surface area contributed by atoms with Gasteiger partial charge in [-0.2, -0.15) is 11.3 Å². The van der Waals surface area contributed by atoms with E-state index in [4.69, 9.17) is 4.74 Å². The second-order valence-corrected chi connectivity index (χ2v) is 8.58. The summed E-state index contributed by atoms with van der Waals surface area (Å²) in [6.45, 7) is 4.93. The first-order chi connectivity index (χ1) is 13.3. The topological polar surface area (TPSA) is 49.9 Å². The fourth-order valence-electron chi connectivity index (χ4n) is 3.74. The molecule has 150 valence electrons. The summed E-state index contributed by atoms with van der Waals surface area (Å²) in [7, 11) is 3.48. The summed E-state index contributed by atoms with van der Waals surface area (Å²) in [6.07, 6.45) is 0.428. The molecular formula is C22H28N2O3S. The van der Waals surface area contributed by atoms with Gasteiger partial charge in [0.15, 0.2) is 5.60 Å². The van der Waals surface area contributed by atoms with E-state index in [0.29, 0.717) is 19.6 Å². The number of nitrogens with zero attached hydrogens (tertiary/aromatic N) is 2. The molecule has 0 saturated carbocycles. The van der Waals surface area contributed by atoms with Crippen LogP contribution in [0.5, 0.6) is 0 Å². The minimum absolute atomic E-state index is 0.0605. The molecule has 0 N–H and O–H groups in total. The lowest BCUT2D eigenvalue weighted by Crippen LogP contribution is -2.62. The van der Waals surface area contributed by atoms with Crippen LogP contribution in [0.2, 0.25) is 0 Å². The van der Waals surface area contributed by atoms with E-state index in [9.17, 15) is 9.59 Å². The number of amides is 2. The number of thiophene rings is 1. The molecule has 2 aromatic rings. The van der Waals surface area contributed by atoms with E-state index < -0.39 is 5.60 Å². The molecule has 0 bridgehead atoms. The van der Waals surface area contributed by atoms with E-state index in [0.717, 1.165) is 16.7 Å². The molecule has 1 fully saturated rings. The van der Waals surface area contributed by atoms with E-state index in [1.807, 2.05) is 37.4 Å². The van der Waals surface area contributed by atoms with Gasteiger partial charge >= 0.3 is 0 Å². The third-order valence-electron chi connectivity index (χ3n) is 5.11. The van der Waals surface area contributed by atoms with Gasteiger partial charge in [0.2, 0.25) is 5.91 Å². The van der Waals surface area contributed by atoms with Crippen molar-refractivity contribution in [3.05, 3.63) is 46.7 Å². The van der Waals surface area contributed by atoms with Crippen molar-refractivity contribution in [3.63, 3.8) is 0 Å². The van der Waals surface area contributed by atoms with Gasteiger partial charge < -0.3 is 14.5 Å². The molecule has 5 nitrogen and oxygen atoms in total. The Labute approximate surface area is 170 Å². The van der Waals surface area contributed by atoms with Crippen molar-refractivity contribution in [1.29, 1.82) is 0 Å². The van der Waals surface area contributed by atoms with Gasteiger partial charge in [-0.3, -0.25) is 9.59 Å². The summed E-state index contributed by atoms with van der Waals surface area (Å²) < 4.78 is 6.14. The van der Waals surface area contributed by atoms with Gasteiger partial charge in [-0.25, -0.2) is 0 Å². The number of likely N-dealkylation sites (N-methyl/N-ethyl adjacent to an activating group) is 1. The Morgan fingerprint density at radius 1 is 1.25 bits per heavy atom. The van der Waals surface area contributed by atoms with Crippen molar-refractivity contribution in [1.82, 2.24) is 9.80 Å². The predicted molar refractivity (Wildman–Crippen MR) is 112 cm³/mol. The maximum Gasteiger partial charge on any atom is 0.256 e. The molecule has 1 aromatic heterocycles. The molecule has 28 heavy (non-hydrogen) atoms. The highest BCUT2D eigenvalue weighted by Crippen LogP contribution is 2.32. The first-order valence-corrected chi connectivity index (χ1v) is 10.5. The predicted octanol–water partition coefficient (Wildman–Crippen LogP) is 3.30. The first kappa shape index (κ1) is 20.6. The van der Waals surface area contributed by atoms with Crippen LogP contribution in [-0.4, -0.2) is 61.0 Å². The summed E-state index contributed by atoms with van der Waals surface area (Å²) in [6, 6.07) is 10.2. The minimum atomic E-state index is -1.07. The van der Waals surface area contributed by atoms with Crippen LogP contribution in [0.15, 0.2) is 41.1 Å². The maximum atomic E-state index is 13.2. The third kappa shape index (κ3) is 4.13. The molecule has 1 aromatic carbocycles. The standard InChI is InChI=1S/C22H28N2O3S/c1-16(2)20(25)24-10-11-27-22(15-24,21(26)23(3)4)13-17-7-5-6-8-19(17)18-9-12-28-14-18/h5-9,12,14,16H,10-11,13,15H2,1-4H3/t22-/m0/s1. The van der Waals surface area contributed by atoms with Crippen LogP contribution in [0.3, 0.4) is 0 Å². The summed E-state index contributed by atoms with van der Waals surface area (Å²) in [5.41, 5.74) is 2.22. The van der Waals surface area contributed by atoms with Crippen LogP contribution in [0.25, 0.3) is 11.1 Å². The Balaban J connectivity index is 1.98. The zero-order chi connectivity index (χ0) is 20.3. The summed E-state index contributed by atoms with van der Waals surface area (Å²) in [5.74, 6) is -0.150. The normalized spacial score (nSPS) is 19.7. The Bertz CT molecular complexity index is 832. The third-order valence-corrected chi connectivity index (χ3v) is 5.80. The molecule has 0 spiro atoms. The highest BCUT2D eigenvalue weighted by molar-refractivity contribution is 7.08.